The van der Waals surface area contributed by atoms with Gasteiger partial charge < -0.3 is 4.74 Å². The first-order chi connectivity index (χ1) is 13.2. The fourth-order valence-corrected chi connectivity index (χ4v) is 3.17. The van der Waals surface area contributed by atoms with Gasteiger partial charge in [0.25, 0.3) is 0 Å². The molecule has 1 aromatic carbocycles. The second kappa shape index (κ2) is 12.5. The molecule has 0 amide bonds. The minimum Gasteiger partial charge on any atom is -0.494 e. The molecule has 0 bridgehead atoms. The fraction of sp³-hybridized carbons (Fsp3) is 0.542. The number of halogens is 1. The molecular formula is C24H34FNO. The van der Waals surface area contributed by atoms with Crippen LogP contribution in [0.5, 0.6) is 5.75 Å². The van der Waals surface area contributed by atoms with Crippen LogP contribution in [0.25, 0.3) is 11.3 Å². The topological polar surface area (TPSA) is 22.1 Å². The highest BCUT2D eigenvalue weighted by atomic mass is 19.1. The van der Waals surface area contributed by atoms with Gasteiger partial charge in [0.15, 0.2) is 0 Å². The fourth-order valence-electron chi connectivity index (χ4n) is 3.17. The van der Waals surface area contributed by atoms with Crippen LogP contribution in [0.15, 0.2) is 42.6 Å². The number of aryl methyl sites for hydroxylation is 1. The van der Waals surface area contributed by atoms with Crippen molar-refractivity contribution < 1.29 is 9.13 Å². The van der Waals surface area contributed by atoms with Gasteiger partial charge >= 0.3 is 0 Å². The maximum absolute atomic E-state index is 13.5. The summed E-state index contributed by atoms with van der Waals surface area (Å²) >= 11 is 0. The van der Waals surface area contributed by atoms with Crippen molar-refractivity contribution in [1.82, 2.24) is 4.98 Å². The monoisotopic (exact) mass is 371 g/mol. The molecule has 0 aliphatic rings. The Labute approximate surface area is 164 Å². The summed E-state index contributed by atoms with van der Waals surface area (Å²) in [6.07, 6.45) is 10.1. The van der Waals surface area contributed by atoms with E-state index < -0.39 is 6.17 Å². The average Bonchev–Trinajstić information content (AvgIpc) is 2.69. The Morgan fingerprint density at radius 1 is 0.889 bits per heavy atom. The van der Waals surface area contributed by atoms with E-state index in [4.69, 9.17) is 4.74 Å². The zero-order chi connectivity index (χ0) is 19.3. The van der Waals surface area contributed by atoms with Gasteiger partial charge in [0, 0.05) is 11.8 Å². The maximum atomic E-state index is 13.5. The summed E-state index contributed by atoms with van der Waals surface area (Å²) in [6, 6.07) is 12.3. The van der Waals surface area contributed by atoms with E-state index in [0.29, 0.717) is 12.8 Å². The van der Waals surface area contributed by atoms with Crippen molar-refractivity contribution in [3.63, 3.8) is 0 Å². The molecule has 0 fully saturated rings. The SMILES string of the molecule is CCCCCCOc1ccc(-c2ccc(CCCC(F)CCC)cn2)cc1. The lowest BCUT2D eigenvalue weighted by atomic mass is 10.0. The molecule has 2 nitrogen and oxygen atoms in total. The first-order valence-electron chi connectivity index (χ1n) is 10.5. The number of benzene rings is 1. The van der Waals surface area contributed by atoms with Crippen LogP contribution in [0.4, 0.5) is 4.39 Å². The molecular weight excluding hydrogens is 337 g/mol. The Morgan fingerprint density at radius 3 is 2.37 bits per heavy atom. The minimum atomic E-state index is -0.658. The van der Waals surface area contributed by atoms with Crippen molar-refractivity contribution in [1.29, 1.82) is 0 Å². The summed E-state index contributed by atoms with van der Waals surface area (Å²) in [5.41, 5.74) is 3.23. The summed E-state index contributed by atoms with van der Waals surface area (Å²) in [6.45, 7) is 5.03. The molecule has 0 saturated carbocycles. The van der Waals surface area contributed by atoms with Crippen molar-refractivity contribution in [3.8, 4) is 17.0 Å². The third kappa shape index (κ3) is 8.11. The smallest absolute Gasteiger partial charge is 0.119 e. The van der Waals surface area contributed by atoms with E-state index in [-0.39, 0.29) is 0 Å². The number of pyridine rings is 1. The largest absolute Gasteiger partial charge is 0.494 e. The summed E-state index contributed by atoms with van der Waals surface area (Å²) in [5.74, 6) is 0.916. The van der Waals surface area contributed by atoms with Gasteiger partial charge in [0.05, 0.1) is 12.3 Å². The molecule has 1 heterocycles. The normalized spacial score (nSPS) is 12.1. The van der Waals surface area contributed by atoms with Gasteiger partial charge in [0.2, 0.25) is 0 Å². The zero-order valence-corrected chi connectivity index (χ0v) is 16.9. The van der Waals surface area contributed by atoms with E-state index in [2.05, 4.69) is 36.2 Å². The molecule has 0 radical (unpaired) electrons. The number of hydrogen-bond donors (Lipinski definition) is 0. The molecule has 0 saturated heterocycles. The van der Waals surface area contributed by atoms with Crippen molar-refractivity contribution >= 4 is 0 Å². The van der Waals surface area contributed by atoms with E-state index in [1.54, 1.807) is 0 Å². The molecule has 1 aromatic heterocycles. The molecule has 1 atom stereocenters. The van der Waals surface area contributed by atoms with Crippen LogP contribution in [0.2, 0.25) is 0 Å². The van der Waals surface area contributed by atoms with E-state index in [1.165, 1.54) is 24.8 Å². The third-order valence-corrected chi connectivity index (χ3v) is 4.83. The zero-order valence-electron chi connectivity index (χ0n) is 16.9. The van der Waals surface area contributed by atoms with Gasteiger partial charge in [-0.2, -0.15) is 0 Å². The second-order valence-corrected chi connectivity index (χ2v) is 7.26. The molecule has 3 heteroatoms. The lowest BCUT2D eigenvalue weighted by molar-refractivity contribution is 0.288. The standard InChI is InChI=1S/C24H34FNO/c1-3-5-6-7-18-27-23-15-13-21(14-16-23)24-17-12-20(19-26-24)10-8-11-22(25)9-4-2/h12-17,19,22H,3-11,18H2,1-2H3. The Kier molecular flexibility index (Phi) is 9.89. The molecule has 0 aliphatic heterocycles. The van der Waals surface area contributed by atoms with Gasteiger partial charge in [-0.1, -0.05) is 45.6 Å². The lowest BCUT2D eigenvalue weighted by Crippen LogP contribution is -2.00. The second-order valence-electron chi connectivity index (χ2n) is 7.26. The highest BCUT2D eigenvalue weighted by Crippen LogP contribution is 2.22. The molecule has 2 aromatic rings. The van der Waals surface area contributed by atoms with Crippen LogP contribution in [0, 0.1) is 0 Å². The number of aromatic nitrogens is 1. The van der Waals surface area contributed by atoms with Crippen LogP contribution in [0.3, 0.4) is 0 Å². The number of alkyl halides is 1. The van der Waals surface area contributed by atoms with Crippen LogP contribution in [-0.2, 0) is 6.42 Å². The Bertz CT molecular complexity index is 624. The Hall–Kier alpha value is -1.90. The van der Waals surface area contributed by atoms with E-state index in [9.17, 15) is 4.39 Å². The summed E-state index contributed by atoms with van der Waals surface area (Å²) in [7, 11) is 0. The molecule has 0 aliphatic carbocycles. The summed E-state index contributed by atoms with van der Waals surface area (Å²) in [4.78, 5) is 4.57. The van der Waals surface area contributed by atoms with Crippen molar-refractivity contribution in [2.24, 2.45) is 0 Å². The first kappa shape index (κ1) is 21.4. The predicted octanol–water partition coefficient (Wildman–Crippen LogP) is 7.17. The van der Waals surface area contributed by atoms with E-state index >= 15 is 0 Å². The van der Waals surface area contributed by atoms with Gasteiger partial charge in [-0.05, 0) is 68.0 Å². The number of unbranched alkanes of at least 4 members (excludes halogenated alkanes) is 3. The van der Waals surface area contributed by atoms with Gasteiger partial charge in [-0.15, -0.1) is 0 Å². The van der Waals surface area contributed by atoms with Gasteiger partial charge in [-0.3, -0.25) is 4.98 Å². The predicted molar refractivity (Wildman–Crippen MR) is 112 cm³/mol. The van der Waals surface area contributed by atoms with Crippen molar-refractivity contribution in [2.45, 2.75) is 77.8 Å². The Balaban J connectivity index is 1.78. The lowest BCUT2D eigenvalue weighted by Gasteiger charge is -2.08. The summed E-state index contributed by atoms with van der Waals surface area (Å²) < 4.78 is 19.3. The molecule has 2 rings (SSSR count). The number of hydrogen-bond acceptors (Lipinski definition) is 2. The molecule has 148 valence electrons. The minimum absolute atomic E-state index is 0.648. The van der Waals surface area contributed by atoms with Crippen molar-refractivity contribution in [3.05, 3.63) is 48.2 Å². The van der Waals surface area contributed by atoms with Crippen LogP contribution >= 0.6 is 0 Å². The molecule has 1 unspecified atom stereocenters. The van der Waals surface area contributed by atoms with Gasteiger partial charge in [-0.25, -0.2) is 4.39 Å². The molecule has 0 spiro atoms. The highest BCUT2D eigenvalue weighted by molar-refractivity contribution is 5.60. The van der Waals surface area contributed by atoms with E-state index in [0.717, 1.165) is 49.3 Å². The maximum Gasteiger partial charge on any atom is 0.119 e. The van der Waals surface area contributed by atoms with Crippen molar-refractivity contribution in [2.75, 3.05) is 6.61 Å². The number of rotatable bonds is 13. The quantitative estimate of drug-likeness (QED) is 0.348. The molecule has 27 heavy (non-hydrogen) atoms. The van der Waals surface area contributed by atoms with Gasteiger partial charge in [0.1, 0.15) is 11.9 Å². The number of ether oxygens (including phenoxy) is 1. The summed E-state index contributed by atoms with van der Waals surface area (Å²) in [5, 5.41) is 0. The number of nitrogens with zero attached hydrogens (tertiary/aromatic N) is 1. The van der Waals surface area contributed by atoms with Crippen LogP contribution in [0.1, 0.15) is 70.8 Å². The van der Waals surface area contributed by atoms with Crippen LogP contribution in [-0.4, -0.2) is 17.8 Å². The van der Waals surface area contributed by atoms with E-state index in [1.807, 2.05) is 25.3 Å². The molecule has 0 N–H and O–H groups in total. The van der Waals surface area contributed by atoms with Crippen LogP contribution < -0.4 is 4.74 Å². The average molecular weight is 372 g/mol. The first-order valence-corrected chi connectivity index (χ1v) is 10.5. The third-order valence-electron chi connectivity index (χ3n) is 4.83. The Morgan fingerprint density at radius 2 is 1.70 bits per heavy atom. The highest BCUT2D eigenvalue weighted by Gasteiger charge is 2.05.